The molecule has 0 fully saturated rings. The van der Waals surface area contributed by atoms with Gasteiger partial charge in [0.25, 0.3) is 5.56 Å². The lowest BCUT2D eigenvalue weighted by molar-refractivity contribution is -0.145. The van der Waals surface area contributed by atoms with Gasteiger partial charge in [0.1, 0.15) is 12.7 Å². The zero-order chi connectivity index (χ0) is 14.0. The molecule has 0 aromatic carbocycles. The summed E-state index contributed by atoms with van der Waals surface area (Å²) in [7, 11) is 0. The minimum atomic E-state index is -0.608. The number of aryl methyl sites for hydroxylation is 1. The van der Waals surface area contributed by atoms with Crippen LogP contribution in [0.25, 0.3) is 0 Å². The highest BCUT2D eigenvalue weighted by atomic mass is 16.6. The van der Waals surface area contributed by atoms with Gasteiger partial charge in [0.05, 0.1) is 0 Å². The van der Waals surface area contributed by atoms with Crippen LogP contribution in [-0.2, 0) is 14.3 Å². The molecule has 0 saturated heterocycles. The Bertz CT molecular complexity index is 628. The summed E-state index contributed by atoms with van der Waals surface area (Å²) in [6.07, 6.45) is 3.81. The predicted octanol–water partition coefficient (Wildman–Crippen LogP) is -0.138. The molecule has 1 aliphatic rings. The molecular weight excluding hydrogens is 252 g/mol. The van der Waals surface area contributed by atoms with Crippen molar-refractivity contribution in [2.45, 2.75) is 26.2 Å². The number of nitrogens with zero attached hydrogens (tertiary/aromatic N) is 1. The highest BCUT2D eigenvalue weighted by molar-refractivity contribution is 5.65. The molecule has 0 radical (unpaired) electrons. The van der Waals surface area contributed by atoms with Crippen molar-refractivity contribution in [1.82, 2.24) is 9.55 Å². The summed E-state index contributed by atoms with van der Waals surface area (Å²) in [5.41, 5.74) is -0.543. The lowest BCUT2D eigenvalue weighted by Gasteiger charge is -2.16. The fourth-order valence-electron chi connectivity index (χ4n) is 1.72. The molecule has 1 aromatic heterocycles. The third-order valence-electron chi connectivity index (χ3n) is 2.68. The van der Waals surface area contributed by atoms with Gasteiger partial charge in [-0.1, -0.05) is 6.08 Å². The number of rotatable bonds is 3. The van der Waals surface area contributed by atoms with Crippen molar-refractivity contribution in [3.63, 3.8) is 0 Å². The molecule has 0 saturated carbocycles. The number of H-pyrrole nitrogens is 1. The van der Waals surface area contributed by atoms with Crippen LogP contribution < -0.4 is 11.2 Å². The average molecular weight is 266 g/mol. The molecule has 0 unspecified atom stereocenters. The fourth-order valence-corrected chi connectivity index (χ4v) is 1.72. The number of esters is 1. The molecule has 0 aliphatic carbocycles. The van der Waals surface area contributed by atoms with Crippen molar-refractivity contribution in [3.05, 3.63) is 44.8 Å². The molecule has 1 N–H and O–H groups in total. The zero-order valence-corrected chi connectivity index (χ0v) is 10.6. The Morgan fingerprint density at radius 2 is 2.21 bits per heavy atom. The average Bonchev–Trinajstić information content (AvgIpc) is 2.80. The molecule has 0 bridgehead atoms. The van der Waals surface area contributed by atoms with Gasteiger partial charge in [-0.15, -0.1) is 0 Å². The number of nitrogens with one attached hydrogen (secondary N) is 1. The van der Waals surface area contributed by atoms with Gasteiger partial charge in [-0.3, -0.25) is 19.1 Å². The molecule has 102 valence electrons. The smallest absolute Gasteiger partial charge is 0.330 e. The Morgan fingerprint density at radius 3 is 2.89 bits per heavy atom. The number of hydrogen-bond donors (Lipinski definition) is 1. The molecular formula is C12H14N2O5. The number of aromatic amines is 1. The van der Waals surface area contributed by atoms with Gasteiger partial charge < -0.3 is 9.47 Å². The molecule has 2 atom stereocenters. The Kier molecular flexibility index (Phi) is 3.66. The highest BCUT2D eigenvalue weighted by Crippen LogP contribution is 2.19. The van der Waals surface area contributed by atoms with Gasteiger partial charge >= 0.3 is 11.7 Å². The second kappa shape index (κ2) is 5.23. The van der Waals surface area contributed by atoms with Crippen LogP contribution in [0.15, 0.2) is 27.9 Å². The van der Waals surface area contributed by atoms with Crippen molar-refractivity contribution >= 4 is 5.97 Å². The van der Waals surface area contributed by atoms with Crippen LogP contribution in [0.4, 0.5) is 0 Å². The quantitative estimate of drug-likeness (QED) is 0.607. The largest absolute Gasteiger partial charge is 0.463 e. The zero-order valence-electron chi connectivity index (χ0n) is 10.6. The van der Waals surface area contributed by atoms with Crippen LogP contribution in [0.1, 0.15) is 18.7 Å². The van der Waals surface area contributed by atoms with Crippen molar-refractivity contribution in [3.8, 4) is 0 Å². The Hall–Kier alpha value is -2.15. The first-order valence-electron chi connectivity index (χ1n) is 5.76. The minimum absolute atomic E-state index is 0.0966. The van der Waals surface area contributed by atoms with E-state index in [1.807, 2.05) is 0 Å². The minimum Gasteiger partial charge on any atom is -0.463 e. The molecule has 7 nitrogen and oxygen atoms in total. The molecule has 0 spiro atoms. The van der Waals surface area contributed by atoms with Crippen LogP contribution in [0, 0.1) is 6.92 Å². The lowest BCUT2D eigenvalue weighted by Crippen LogP contribution is -2.33. The van der Waals surface area contributed by atoms with E-state index in [9.17, 15) is 14.4 Å². The van der Waals surface area contributed by atoms with E-state index in [1.165, 1.54) is 17.7 Å². The first-order chi connectivity index (χ1) is 8.97. The van der Waals surface area contributed by atoms with E-state index >= 15 is 0 Å². The maximum absolute atomic E-state index is 11.7. The van der Waals surface area contributed by atoms with Gasteiger partial charge in [0.15, 0.2) is 6.23 Å². The highest BCUT2D eigenvalue weighted by Gasteiger charge is 2.22. The lowest BCUT2D eigenvalue weighted by atomic mass is 10.3. The van der Waals surface area contributed by atoms with Gasteiger partial charge in [-0.2, -0.15) is 0 Å². The van der Waals surface area contributed by atoms with Crippen molar-refractivity contribution in [1.29, 1.82) is 0 Å². The van der Waals surface area contributed by atoms with Crippen molar-refractivity contribution in [2.24, 2.45) is 0 Å². The summed E-state index contributed by atoms with van der Waals surface area (Å²) in [6.45, 7) is 3.01. The Labute approximate surface area is 108 Å². The van der Waals surface area contributed by atoms with E-state index in [2.05, 4.69) is 4.98 Å². The van der Waals surface area contributed by atoms with E-state index in [1.54, 1.807) is 19.1 Å². The van der Waals surface area contributed by atoms with Crippen molar-refractivity contribution < 1.29 is 14.3 Å². The van der Waals surface area contributed by atoms with Gasteiger partial charge in [0, 0.05) is 18.7 Å². The summed E-state index contributed by atoms with van der Waals surface area (Å²) in [4.78, 5) is 35.8. The second-order valence-corrected chi connectivity index (χ2v) is 4.23. The van der Waals surface area contributed by atoms with E-state index in [4.69, 9.17) is 9.47 Å². The first-order valence-corrected chi connectivity index (χ1v) is 5.76. The molecule has 0 amide bonds. The van der Waals surface area contributed by atoms with Crippen LogP contribution >= 0.6 is 0 Å². The summed E-state index contributed by atoms with van der Waals surface area (Å²) >= 11 is 0. The number of hydrogen-bond acceptors (Lipinski definition) is 5. The van der Waals surface area contributed by atoms with E-state index in [-0.39, 0.29) is 6.61 Å². The first kappa shape index (κ1) is 13.3. The summed E-state index contributed by atoms with van der Waals surface area (Å²) in [5.74, 6) is -0.391. The van der Waals surface area contributed by atoms with Crippen LogP contribution in [0.3, 0.4) is 0 Å². The van der Waals surface area contributed by atoms with Crippen LogP contribution in [0.5, 0.6) is 0 Å². The SMILES string of the molecule is CC(=O)OC[C@@H]1C=C[C@H](n2cc(C)c(=O)[nH]c2=O)O1. The number of aromatic nitrogens is 2. The molecule has 7 heteroatoms. The van der Waals surface area contributed by atoms with Crippen LogP contribution in [0.2, 0.25) is 0 Å². The normalized spacial score (nSPS) is 21.6. The predicted molar refractivity (Wildman–Crippen MR) is 65.7 cm³/mol. The number of carbonyl (C=O) groups is 1. The maximum Gasteiger partial charge on any atom is 0.330 e. The molecule has 1 aliphatic heterocycles. The molecule has 1 aromatic rings. The third kappa shape index (κ3) is 3.00. The summed E-state index contributed by atoms with van der Waals surface area (Å²) in [6, 6.07) is 0. The second-order valence-electron chi connectivity index (χ2n) is 4.23. The van der Waals surface area contributed by atoms with E-state index in [0.29, 0.717) is 5.56 Å². The van der Waals surface area contributed by atoms with E-state index in [0.717, 1.165) is 0 Å². The van der Waals surface area contributed by atoms with E-state index < -0.39 is 29.6 Å². The molecule has 19 heavy (non-hydrogen) atoms. The monoisotopic (exact) mass is 266 g/mol. The van der Waals surface area contributed by atoms with Gasteiger partial charge in [0.2, 0.25) is 0 Å². The van der Waals surface area contributed by atoms with Crippen LogP contribution in [-0.4, -0.2) is 28.2 Å². The molecule has 2 rings (SSSR count). The Morgan fingerprint density at radius 1 is 1.47 bits per heavy atom. The van der Waals surface area contributed by atoms with Crippen molar-refractivity contribution in [2.75, 3.05) is 6.61 Å². The summed E-state index contributed by atoms with van der Waals surface area (Å²) < 4.78 is 11.6. The fraction of sp³-hybridized carbons (Fsp3) is 0.417. The Balaban J connectivity index is 2.12. The summed E-state index contributed by atoms with van der Waals surface area (Å²) in [5, 5.41) is 0. The van der Waals surface area contributed by atoms with Gasteiger partial charge in [-0.05, 0) is 13.0 Å². The topological polar surface area (TPSA) is 90.4 Å². The molecule has 2 heterocycles. The van der Waals surface area contributed by atoms with Gasteiger partial charge in [-0.25, -0.2) is 4.79 Å². The third-order valence-corrected chi connectivity index (χ3v) is 2.68. The number of ether oxygens (including phenoxy) is 2. The number of carbonyl (C=O) groups excluding carboxylic acids is 1. The maximum atomic E-state index is 11.7. The standard InChI is InChI=1S/C12H14N2O5/c1-7-5-14(12(17)13-11(7)16)10-4-3-9(19-10)6-18-8(2)15/h3-5,9-10H,6H2,1-2H3,(H,13,16,17)/t9-,10+/m0/s1.